The second-order valence-corrected chi connectivity index (χ2v) is 8.95. The number of benzene rings is 2. The van der Waals surface area contributed by atoms with Gasteiger partial charge in [-0.25, -0.2) is 0 Å². The van der Waals surface area contributed by atoms with Gasteiger partial charge in [-0.15, -0.1) is 0 Å². The number of hydrogen-bond acceptors (Lipinski definition) is 5. The van der Waals surface area contributed by atoms with Crippen LogP contribution in [0.3, 0.4) is 0 Å². The maximum atomic E-state index is 12.8. The molecule has 0 radical (unpaired) electrons. The van der Waals surface area contributed by atoms with E-state index in [2.05, 4.69) is 38.5 Å². The summed E-state index contributed by atoms with van der Waals surface area (Å²) in [4.78, 5) is 26.8. The monoisotopic (exact) mass is 573 g/mol. The molecule has 146 valence electrons. The molecule has 5 nitrogen and oxygen atoms in total. The van der Waals surface area contributed by atoms with Crippen LogP contribution >= 0.6 is 50.3 Å². The Balaban J connectivity index is 1.86. The summed E-state index contributed by atoms with van der Waals surface area (Å²) in [5, 5.41) is -0.271. The van der Waals surface area contributed by atoms with Gasteiger partial charge in [-0.2, -0.15) is 0 Å². The summed E-state index contributed by atoms with van der Waals surface area (Å²) in [7, 11) is 1.57. The van der Waals surface area contributed by atoms with Crippen LogP contribution < -0.4 is 9.47 Å². The lowest BCUT2D eigenvalue weighted by Crippen LogP contribution is -2.27. The van der Waals surface area contributed by atoms with Crippen molar-refractivity contribution in [1.29, 1.82) is 0 Å². The van der Waals surface area contributed by atoms with Crippen molar-refractivity contribution >= 4 is 67.5 Å². The molecule has 2 aromatic rings. The summed E-state index contributed by atoms with van der Waals surface area (Å²) < 4.78 is 12.8. The summed E-state index contributed by atoms with van der Waals surface area (Å²) >= 11 is 6.62. The first-order valence-corrected chi connectivity index (χ1v) is 11.1. The molecular weight excluding hydrogens is 557 g/mol. The standard InChI is InChI=1S/C20H17BrINO4S/c1-3-27-16-9-13(8-15(21)18(16)26-2)10-17-19(24)23(20(25)28-17)11-12-4-6-14(22)7-5-12/h4-10H,3,11H2,1-2H3/b17-10+. The molecule has 0 aliphatic carbocycles. The molecule has 0 unspecified atom stereocenters. The smallest absolute Gasteiger partial charge is 0.293 e. The first-order chi connectivity index (χ1) is 13.4. The van der Waals surface area contributed by atoms with Gasteiger partial charge in [0.05, 0.1) is 29.6 Å². The van der Waals surface area contributed by atoms with Crippen molar-refractivity contribution in [1.82, 2.24) is 4.90 Å². The number of methoxy groups -OCH3 is 1. The average molecular weight is 574 g/mol. The minimum Gasteiger partial charge on any atom is -0.492 e. The van der Waals surface area contributed by atoms with Gasteiger partial charge in [0.1, 0.15) is 0 Å². The van der Waals surface area contributed by atoms with Crippen molar-refractivity contribution in [2.75, 3.05) is 13.7 Å². The van der Waals surface area contributed by atoms with Crippen molar-refractivity contribution in [3.8, 4) is 11.5 Å². The first kappa shape index (κ1) is 21.2. The normalized spacial score (nSPS) is 15.4. The zero-order valence-corrected chi connectivity index (χ0v) is 19.8. The molecule has 2 amide bonds. The van der Waals surface area contributed by atoms with Gasteiger partial charge >= 0.3 is 0 Å². The van der Waals surface area contributed by atoms with Gasteiger partial charge in [0, 0.05) is 3.57 Å². The van der Waals surface area contributed by atoms with E-state index in [1.807, 2.05) is 37.3 Å². The Morgan fingerprint density at radius 3 is 2.57 bits per heavy atom. The highest BCUT2D eigenvalue weighted by Gasteiger charge is 2.35. The van der Waals surface area contributed by atoms with E-state index in [4.69, 9.17) is 9.47 Å². The summed E-state index contributed by atoms with van der Waals surface area (Å²) in [5.74, 6) is 0.869. The second-order valence-electron chi connectivity index (χ2n) is 5.86. The summed E-state index contributed by atoms with van der Waals surface area (Å²) in [6.07, 6.45) is 1.70. The Labute approximate surface area is 189 Å². The van der Waals surface area contributed by atoms with E-state index in [-0.39, 0.29) is 17.7 Å². The summed E-state index contributed by atoms with van der Waals surface area (Å²) in [5.41, 5.74) is 1.66. The Morgan fingerprint density at radius 2 is 1.93 bits per heavy atom. The fourth-order valence-electron chi connectivity index (χ4n) is 2.69. The van der Waals surface area contributed by atoms with Gasteiger partial charge < -0.3 is 9.47 Å². The molecule has 1 heterocycles. The van der Waals surface area contributed by atoms with Gasteiger partial charge in [0.25, 0.3) is 11.1 Å². The van der Waals surface area contributed by atoms with E-state index in [0.29, 0.717) is 27.5 Å². The van der Waals surface area contributed by atoms with Crippen LogP contribution in [0.25, 0.3) is 6.08 Å². The first-order valence-electron chi connectivity index (χ1n) is 8.43. The molecule has 3 rings (SSSR count). The fourth-order valence-corrected chi connectivity index (χ4v) is 4.51. The van der Waals surface area contributed by atoms with Crippen LogP contribution in [0.5, 0.6) is 11.5 Å². The second kappa shape index (κ2) is 9.32. The highest BCUT2D eigenvalue weighted by atomic mass is 127. The number of halogens is 2. The molecule has 0 atom stereocenters. The third-order valence-corrected chi connectivity index (χ3v) is 6.18. The van der Waals surface area contributed by atoms with Crippen molar-refractivity contribution < 1.29 is 19.1 Å². The number of ether oxygens (including phenoxy) is 2. The summed E-state index contributed by atoms with van der Waals surface area (Å²) in [6.45, 7) is 2.63. The number of rotatable bonds is 6. The maximum absolute atomic E-state index is 12.8. The highest BCUT2D eigenvalue weighted by Crippen LogP contribution is 2.39. The average Bonchev–Trinajstić information content (AvgIpc) is 2.91. The number of thioether (sulfide) groups is 1. The number of nitrogens with zero attached hydrogens (tertiary/aromatic N) is 1. The molecule has 2 aromatic carbocycles. The van der Waals surface area contributed by atoms with E-state index < -0.39 is 0 Å². The van der Waals surface area contributed by atoms with Crippen LogP contribution in [0.15, 0.2) is 45.8 Å². The quantitative estimate of drug-likeness (QED) is 0.328. The highest BCUT2D eigenvalue weighted by molar-refractivity contribution is 14.1. The predicted molar refractivity (Wildman–Crippen MR) is 123 cm³/mol. The van der Waals surface area contributed by atoms with Crippen LogP contribution in [0.2, 0.25) is 0 Å². The topological polar surface area (TPSA) is 55.8 Å². The van der Waals surface area contributed by atoms with Crippen LogP contribution in [0, 0.1) is 3.57 Å². The van der Waals surface area contributed by atoms with Crippen LogP contribution in [-0.2, 0) is 11.3 Å². The van der Waals surface area contributed by atoms with Gasteiger partial charge in [0.15, 0.2) is 11.5 Å². The lowest BCUT2D eigenvalue weighted by Gasteiger charge is -2.13. The number of carbonyl (C=O) groups excluding carboxylic acids is 2. The molecule has 8 heteroatoms. The molecule has 28 heavy (non-hydrogen) atoms. The lowest BCUT2D eigenvalue weighted by molar-refractivity contribution is -0.123. The van der Waals surface area contributed by atoms with Crippen molar-refractivity contribution in [2.45, 2.75) is 13.5 Å². The number of imide groups is 1. The van der Waals surface area contributed by atoms with Crippen molar-refractivity contribution in [3.05, 3.63) is 60.5 Å². The minimum atomic E-state index is -0.293. The van der Waals surface area contributed by atoms with E-state index in [0.717, 1.165) is 26.5 Å². The molecule has 0 aromatic heterocycles. The predicted octanol–water partition coefficient (Wildman–Crippen LogP) is 5.70. The summed E-state index contributed by atoms with van der Waals surface area (Å²) in [6, 6.07) is 11.4. The molecule has 0 spiro atoms. The van der Waals surface area contributed by atoms with E-state index >= 15 is 0 Å². The molecule has 0 bridgehead atoms. The van der Waals surface area contributed by atoms with Crippen LogP contribution in [0.1, 0.15) is 18.1 Å². The molecule has 0 N–H and O–H groups in total. The third-order valence-electron chi connectivity index (χ3n) is 3.96. The Kier molecular flexibility index (Phi) is 7.05. The SMILES string of the molecule is CCOc1cc(/C=C2/SC(=O)N(Cc3ccc(I)cc3)C2=O)cc(Br)c1OC. The maximum Gasteiger partial charge on any atom is 0.293 e. The van der Waals surface area contributed by atoms with Gasteiger partial charge in [0.2, 0.25) is 0 Å². The molecule has 1 saturated heterocycles. The fraction of sp³-hybridized carbons (Fsp3) is 0.200. The number of hydrogen-bond donors (Lipinski definition) is 0. The van der Waals surface area contributed by atoms with Gasteiger partial charge in [-0.05, 0) is 98.7 Å². The van der Waals surface area contributed by atoms with Gasteiger partial charge in [-0.1, -0.05) is 12.1 Å². The van der Waals surface area contributed by atoms with Gasteiger partial charge in [-0.3, -0.25) is 14.5 Å². The molecular formula is C20H17BrINO4S. The Morgan fingerprint density at radius 1 is 1.21 bits per heavy atom. The van der Waals surface area contributed by atoms with Crippen LogP contribution in [0.4, 0.5) is 4.79 Å². The molecule has 1 aliphatic heterocycles. The van der Waals surface area contributed by atoms with E-state index in [1.54, 1.807) is 19.3 Å². The zero-order valence-electron chi connectivity index (χ0n) is 15.2. The van der Waals surface area contributed by atoms with E-state index in [9.17, 15) is 9.59 Å². The zero-order chi connectivity index (χ0) is 20.3. The van der Waals surface area contributed by atoms with Crippen molar-refractivity contribution in [3.63, 3.8) is 0 Å². The molecule has 0 saturated carbocycles. The van der Waals surface area contributed by atoms with Crippen LogP contribution in [-0.4, -0.2) is 29.8 Å². The Bertz CT molecular complexity index is 946. The number of amides is 2. The Hall–Kier alpha value is -1.52. The van der Waals surface area contributed by atoms with Crippen molar-refractivity contribution in [2.24, 2.45) is 0 Å². The lowest BCUT2D eigenvalue weighted by atomic mass is 10.1. The van der Waals surface area contributed by atoms with E-state index in [1.165, 1.54) is 4.90 Å². The minimum absolute atomic E-state index is 0.259. The molecule has 1 fully saturated rings. The number of carbonyl (C=O) groups is 2. The third kappa shape index (κ3) is 4.72. The largest absolute Gasteiger partial charge is 0.492 e. The molecule has 1 aliphatic rings.